The van der Waals surface area contributed by atoms with Crippen LogP contribution in [0.4, 0.5) is 0 Å². The largest absolute Gasteiger partial charge is 0.375 e. The molecule has 6 nitrogen and oxygen atoms in total. The van der Waals surface area contributed by atoms with Crippen LogP contribution in [0, 0.1) is 6.92 Å². The van der Waals surface area contributed by atoms with Gasteiger partial charge in [0.25, 0.3) is 0 Å². The van der Waals surface area contributed by atoms with E-state index < -0.39 is 0 Å². The van der Waals surface area contributed by atoms with Crippen molar-refractivity contribution in [3.63, 3.8) is 0 Å². The Bertz CT molecular complexity index is 410. The summed E-state index contributed by atoms with van der Waals surface area (Å²) in [6.45, 7) is 5.93. The number of carbonyl (C=O) groups is 1. The second-order valence-electron chi connectivity index (χ2n) is 4.23. The van der Waals surface area contributed by atoms with Gasteiger partial charge in [-0.2, -0.15) is 0 Å². The van der Waals surface area contributed by atoms with Crippen LogP contribution >= 0.6 is 11.8 Å². The van der Waals surface area contributed by atoms with Crippen LogP contribution in [0.25, 0.3) is 0 Å². The Hall–Kier alpha value is -1.08. The van der Waals surface area contributed by atoms with Crippen molar-refractivity contribution in [2.24, 2.45) is 0 Å². The van der Waals surface area contributed by atoms with E-state index in [0.717, 1.165) is 12.2 Å². The van der Waals surface area contributed by atoms with Gasteiger partial charge in [0, 0.05) is 13.1 Å². The highest BCUT2D eigenvalue weighted by atomic mass is 32.2. The molecule has 1 atom stereocenters. The van der Waals surface area contributed by atoms with Crippen LogP contribution in [0.1, 0.15) is 19.2 Å². The van der Waals surface area contributed by atoms with E-state index in [9.17, 15) is 4.79 Å². The van der Waals surface area contributed by atoms with Crippen LogP contribution in [0.2, 0.25) is 0 Å². The normalized spacial score (nSPS) is 20.1. The number of rotatable bonds is 4. The maximum atomic E-state index is 12.0. The highest BCUT2D eigenvalue weighted by Gasteiger charge is 2.23. The zero-order chi connectivity index (χ0) is 13.0. The van der Waals surface area contributed by atoms with Crippen LogP contribution in [0.5, 0.6) is 0 Å². The molecule has 0 aliphatic carbocycles. The van der Waals surface area contributed by atoms with Crippen molar-refractivity contribution in [2.75, 3.05) is 25.4 Å². The lowest BCUT2D eigenvalue weighted by molar-refractivity contribution is -0.135. The predicted octanol–water partition coefficient (Wildman–Crippen LogP) is 0.843. The van der Waals surface area contributed by atoms with Gasteiger partial charge in [0.15, 0.2) is 0 Å². The number of H-pyrrole nitrogens is 1. The fourth-order valence-electron chi connectivity index (χ4n) is 1.80. The summed E-state index contributed by atoms with van der Waals surface area (Å²) in [7, 11) is 0. The van der Waals surface area contributed by atoms with Crippen molar-refractivity contribution in [3.8, 4) is 0 Å². The molecule has 1 unspecified atom stereocenters. The molecule has 7 heteroatoms. The Kier molecular flexibility index (Phi) is 4.60. The molecule has 0 aromatic carbocycles. The van der Waals surface area contributed by atoms with Crippen LogP contribution in [-0.4, -0.2) is 57.5 Å². The summed E-state index contributed by atoms with van der Waals surface area (Å²) in [6.07, 6.45) is 1.12. The Morgan fingerprint density at radius 3 is 3.17 bits per heavy atom. The third kappa shape index (κ3) is 3.46. The first-order valence-electron chi connectivity index (χ1n) is 6.10. The van der Waals surface area contributed by atoms with Gasteiger partial charge in [-0.1, -0.05) is 18.7 Å². The molecule has 18 heavy (non-hydrogen) atoms. The summed E-state index contributed by atoms with van der Waals surface area (Å²) in [5.74, 6) is 1.28. The maximum absolute atomic E-state index is 12.0. The van der Waals surface area contributed by atoms with Crippen LogP contribution in [-0.2, 0) is 9.53 Å². The van der Waals surface area contributed by atoms with E-state index in [0.29, 0.717) is 30.6 Å². The Labute approximate surface area is 110 Å². The third-order valence-corrected chi connectivity index (χ3v) is 3.68. The molecule has 1 saturated heterocycles. The number of nitrogens with zero attached hydrogens (tertiary/aromatic N) is 3. The zero-order valence-corrected chi connectivity index (χ0v) is 11.5. The highest BCUT2D eigenvalue weighted by Crippen LogP contribution is 2.15. The van der Waals surface area contributed by atoms with Crippen molar-refractivity contribution >= 4 is 17.7 Å². The number of morpholine rings is 1. The molecule has 0 bridgehead atoms. The van der Waals surface area contributed by atoms with Gasteiger partial charge in [-0.25, -0.2) is 4.98 Å². The summed E-state index contributed by atoms with van der Waals surface area (Å²) in [4.78, 5) is 18.0. The minimum absolute atomic E-state index is 0.129. The molecule has 1 aromatic heterocycles. The summed E-state index contributed by atoms with van der Waals surface area (Å²) >= 11 is 1.37. The number of amides is 1. The number of aryl methyl sites for hydroxylation is 1. The first-order chi connectivity index (χ1) is 8.69. The fourth-order valence-corrected chi connectivity index (χ4v) is 2.54. The molecule has 2 rings (SSSR count). The van der Waals surface area contributed by atoms with E-state index in [-0.39, 0.29) is 12.0 Å². The zero-order valence-electron chi connectivity index (χ0n) is 10.7. The molecule has 0 spiro atoms. The van der Waals surface area contributed by atoms with E-state index >= 15 is 0 Å². The Morgan fingerprint density at radius 2 is 2.50 bits per heavy atom. The molecule has 0 saturated carbocycles. The second-order valence-corrected chi connectivity index (χ2v) is 5.18. The van der Waals surface area contributed by atoms with Crippen molar-refractivity contribution in [1.29, 1.82) is 0 Å². The van der Waals surface area contributed by atoms with Gasteiger partial charge in [0.2, 0.25) is 11.1 Å². The summed E-state index contributed by atoms with van der Waals surface area (Å²) in [6, 6.07) is 0. The number of carbonyl (C=O) groups excluding carboxylic acids is 1. The standard InChI is InChI=1S/C11H18N4O2S/c1-3-9-6-15(4-5-17-9)10(16)7-18-11-12-8(2)13-14-11/h9H,3-7H2,1-2H3,(H,12,13,14). The van der Waals surface area contributed by atoms with Gasteiger partial charge < -0.3 is 9.64 Å². The first-order valence-corrected chi connectivity index (χ1v) is 7.08. The van der Waals surface area contributed by atoms with E-state index in [4.69, 9.17) is 4.74 Å². The van der Waals surface area contributed by atoms with Gasteiger partial charge in [-0.05, 0) is 13.3 Å². The van der Waals surface area contributed by atoms with E-state index in [1.165, 1.54) is 11.8 Å². The molecule has 1 N–H and O–H groups in total. The van der Waals surface area contributed by atoms with Crippen LogP contribution in [0.15, 0.2) is 5.16 Å². The SMILES string of the molecule is CCC1CN(C(=O)CSc2n[nH]c(C)n2)CCO1. The third-order valence-electron chi connectivity index (χ3n) is 2.85. The lowest BCUT2D eigenvalue weighted by Crippen LogP contribution is -2.46. The van der Waals surface area contributed by atoms with Gasteiger partial charge in [0.05, 0.1) is 18.5 Å². The number of thioether (sulfide) groups is 1. The molecule has 1 fully saturated rings. The Morgan fingerprint density at radius 1 is 1.67 bits per heavy atom. The second kappa shape index (κ2) is 6.19. The lowest BCUT2D eigenvalue weighted by Gasteiger charge is -2.32. The Balaban J connectivity index is 1.80. The van der Waals surface area contributed by atoms with Crippen molar-refractivity contribution in [3.05, 3.63) is 5.82 Å². The van der Waals surface area contributed by atoms with Gasteiger partial charge in [0.1, 0.15) is 5.82 Å². The molecular formula is C11H18N4O2S. The van der Waals surface area contributed by atoms with Crippen molar-refractivity contribution in [1.82, 2.24) is 20.1 Å². The molecule has 2 heterocycles. The smallest absolute Gasteiger partial charge is 0.233 e. The number of hydrogen-bond acceptors (Lipinski definition) is 5. The quantitative estimate of drug-likeness (QED) is 0.821. The average Bonchev–Trinajstić information content (AvgIpc) is 2.82. The maximum Gasteiger partial charge on any atom is 0.233 e. The van der Waals surface area contributed by atoms with Crippen LogP contribution < -0.4 is 0 Å². The molecule has 1 aromatic rings. The number of nitrogens with one attached hydrogen (secondary N) is 1. The van der Waals surface area contributed by atoms with Gasteiger partial charge >= 0.3 is 0 Å². The fraction of sp³-hybridized carbons (Fsp3) is 0.727. The van der Waals surface area contributed by atoms with Gasteiger partial charge in [-0.15, -0.1) is 5.10 Å². The van der Waals surface area contributed by atoms with E-state index in [1.54, 1.807) is 0 Å². The summed E-state index contributed by atoms with van der Waals surface area (Å²) in [5, 5.41) is 7.38. The van der Waals surface area contributed by atoms with Crippen molar-refractivity contribution in [2.45, 2.75) is 31.5 Å². The number of aromatic amines is 1. The highest BCUT2D eigenvalue weighted by molar-refractivity contribution is 7.99. The molecule has 100 valence electrons. The molecule has 1 amide bonds. The molecule has 1 aliphatic rings. The van der Waals surface area contributed by atoms with E-state index in [1.807, 2.05) is 11.8 Å². The minimum atomic E-state index is 0.129. The van der Waals surface area contributed by atoms with Crippen molar-refractivity contribution < 1.29 is 9.53 Å². The summed E-state index contributed by atoms with van der Waals surface area (Å²) < 4.78 is 5.54. The summed E-state index contributed by atoms with van der Waals surface area (Å²) in [5.41, 5.74) is 0. The predicted molar refractivity (Wildman–Crippen MR) is 68.5 cm³/mol. The van der Waals surface area contributed by atoms with Gasteiger partial charge in [-0.3, -0.25) is 9.89 Å². The molecular weight excluding hydrogens is 252 g/mol. The topological polar surface area (TPSA) is 71.1 Å². The van der Waals surface area contributed by atoms with Crippen LogP contribution in [0.3, 0.4) is 0 Å². The molecule has 1 aliphatic heterocycles. The number of aromatic nitrogens is 3. The average molecular weight is 270 g/mol. The monoisotopic (exact) mass is 270 g/mol. The number of hydrogen-bond donors (Lipinski definition) is 1. The number of ether oxygens (including phenoxy) is 1. The van der Waals surface area contributed by atoms with E-state index in [2.05, 4.69) is 22.1 Å². The lowest BCUT2D eigenvalue weighted by atomic mass is 10.2. The first kappa shape index (κ1) is 13.4. The molecule has 0 radical (unpaired) electrons. The minimum Gasteiger partial charge on any atom is -0.375 e.